The molecule has 1 heterocycles. The normalized spacial score (nSPS) is 11.8. The van der Waals surface area contributed by atoms with Crippen LogP contribution in [0.25, 0.3) is 0 Å². The number of amides is 1. The summed E-state index contributed by atoms with van der Waals surface area (Å²) < 4.78 is 5.51. The molecule has 0 aliphatic heterocycles. The molecule has 1 amide bonds. The number of aryl methyl sites for hydroxylation is 2. The molecule has 1 unspecified atom stereocenters. The van der Waals surface area contributed by atoms with Gasteiger partial charge in [-0.2, -0.15) is 0 Å². The maximum atomic E-state index is 11.9. The second-order valence-electron chi connectivity index (χ2n) is 5.08. The van der Waals surface area contributed by atoms with Crippen LogP contribution in [-0.2, 0) is 4.79 Å². The molecule has 0 fully saturated rings. The van der Waals surface area contributed by atoms with Gasteiger partial charge in [0.15, 0.2) is 6.61 Å². The molecule has 0 aliphatic carbocycles. The van der Waals surface area contributed by atoms with E-state index in [2.05, 4.69) is 10.3 Å². The second-order valence-corrected chi connectivity index (χ2v) is 5.08. The fourth-order valence-corrected chi connectivity index (χ4v) is 1.94. The van der Waals surface area contributed by atoms with E-state index in [9.17, 15) is 4.79 Å². The van der Waals surface area contributed by atoms with Crippen molar-refractivity contribution in [3.8, 4) is 5.75 Å². The third kappa shape index (κ3) is 4.31. The highest BCUT2D eigenvalue weighted by Gasteiger charge is 2.10. The van der Waals surface area contributed by atoms with Crippen LogP contribution in [0.3, 0.4) is 0 Å². The summed E-state index contributed by atoms with van der Waals surface area (Å²) in [6, 6.07) is 11.3. The number of carbonyl (C=O) groups is 1. The summed E-state index contributed by atoms with van der Waals surface area (Å²) in [5.74, 6) is 0.546. The fraction of sp³-hybridized carbons (Fsp3) is 0.294. The maximum absolute atomic E-state index is 11.9. The number of rotatable bonds is 5. The number of benzene rings is 1. The number of carbonyl (C=O) groups excluding carboxylic acids is 1. The van der Waals surface area contributed by atoms with Crippen LogP contribution in [0.4, 0.5) is 0 Å². The Balaban J connectivity index is 1.86. The Hall–Kier alpha value is -2.36. The molecule has 21 heavy (non-hydrogen) atoms. The lowest BCUT2D eigenvalue weighted by atomic mass is 10.1. The highest BCUT2D eigenvalue weighted by atomic mass is 16.5. The van der Waals surface area contributed by atoms with Crippen molar-refractivity contribution in [1.82, 2.24) is 10.3 Å². The SMILES string of the molecule is Cc1ccc(OCC(=O)NC(C)c2ccccn2)cc1C. The van der Waals surface area contributed by atoms with Crippen molar-refractivity contribution in [2.75, 3.05) is 6.61 Å². The molecule has 1 aromatic heterocycles. The number of pyridine rings is 1. The van der Waals surface area contributed by atoms with E-state index in [4.69, 9.17) is 4.74 Å². The van der Waals surface area contributed by atoms with E-state index < -0.39 is 0 Å². The molecule has 0 bridgehead atoms. The second kappa shape index (κ2) is 6.88. The first-order valence-corrected chi connectivity index (χ1v) is 6.96. The van der Waals surface area contributed by atoms with Gasteiger partial charge in [0.25, 0.3) is 5.91 Å². The van der Waals surface area contributed by atoms with E-state index in [0.29, 0.717) is 5.75 Å². The molecule has 0 saturated carbocycles. The summed E-state index contributed by atoms with van der Waals surface area (Å²) >= 11 is 0. The van der Waals surface area contributed by atoms with Crippen LogP contribution in [0.1, 0.15) is 29.8 Å². The number of nitrogens with zero attached hydrogens (tertiary/aromatic N) is 1. The number of hydrogen-bond donors (Lipinski definition) is 1. The van der Waals surface area contributed by atoms with Crippen molar-refractivity contribution in [3.05, 3.63) is 59.4 Å². The minimum absolute atomic E-state index is 0.000323. The molecule has 0 spiro atoms. The Bertz CT molecular complexity index is 611. The summed E-state index contributed by atoms with van der Waals surface area (Å²) in [5.41, 5.74) is 3.18. The Morgan fingerprint density at radius 2 is 2.05 bits per heavy atom. The zero-order chi connectivity index (χ0) is 15.2. The highest BCUT2D eigenvalue weighted by molar-refractivity contribution is 5.77. The standard InChI is InChI=1S/C17H20N2O2/c1-12-7-8-15(10-13(12)2)21-11-17(20)19-14(3)16-6-4-5-9-18-16/h4-10,14H,11H2,1-3H3,(H,19,20). The molecule has 0 aliphatic rings. The van der Waals surface area contributed by atoms with E-state index in [1.54, 1.807) is 6.20 Å². The van der Waals surface area contributed by atoms with E-state index in [-0.39, 0.29) is 18.6 Å². The average molecular weight is 284 g/mol. The molecule has 1 aromatic carbocycles. The minimum Gasteiger partial charge on any atom is -0.484 e. The summed E-state index contributed by atoms with van der Waals surface area (Å²) in [7, 11) is 0. The van der Waals surface area contributed by atoms with Crippen molar-refractivity contribution in [3.63, 3.8) is 0 Å². The lowest BCUT2D eigenvalue weighted by Crippen LogP contribution is -2.31. The van der Waals surface area contributed by atoms with Crippen LogP contribution in [0.2, 0.25) is 0 Å². The van der Waals surface area contributed by atoms with Crippen LogP contribution in [-0.4, -0.2) is 17.5 Å². The zero-order valence-electron chi connectivity index (χ0n) is 12.6. The van der Waals surface area contributed by atoms with E-state index >= 15 is 0 Å². The Morgan fingerprint density at radius 3 is 2.71 bits per heavy atom. The molecular formula is C17H20N2O2. The molecule has 1 atom stereocenters. The molecule has 4 heteroatoms. The Kier molecular flexibility index (Phi) is 4.93. The van der Waals surface area contributed by atoms with Crippen LogP contribution >= 0.6 is 0 Å². The van der Waals surface area contributed by atoms with Gasteiger partial charge >= 0.3 is 0 Å². The largest absolute Gasteiger partial charge is 0.484 e. The van der Waals surface area contributed by atoms with Gasteiger partial charge in [0.05, 0.1) is 11.7 Å². The molecular weight excluding hydrogens is 264 g/mol. The molecule has 1 N–H and O–H groups in total. The number of hydrogen-bond acceptors (Lipinski definition) is 3. The molecule has 0 saturated heterocycles. The predicted molar refractivity (Wildman–Crippen MR) is 82.2 cm³/mol. The lowest BCUT2D eigenvalue weighted by Gasteiger charge is -2.14. The molecule has 4 nitrogen and oxygen atoms in total. The van der Waals surface area contributed by atoms with Crippen molar-refractivity contribution in [1.29, 1.82) is 0 Å². The van der Waals surface area contributed by atoms with Gasteiger partial charge in [-0.3, -0.25) is 9.78 Å². The Labute approximate surface area is 125 Å². The van der Waals surface area contributed by atoms with Gasteiger partial charge in [-0.25, -0.2) is 0 Å². The van der Waals surface area contributed by atoms with Gasteiger partial charge < -0.3 is 10.1 Å². The third-order valence-electron chi connectivity index (χ3n) is 3.36. The first-order valence-electron chi connectivity index (χ1n) is 6.96. The Morgan fingerprint density at radius 1 is 1.24 bits per heavy atom. The lowest BCUT2D eigenvalue weighted by molar-refractivity contribution is -0.123. The summed E-state index contributed by atoms with van der Waals surface area (Å²) in [6.45, 7) is 5.96. The summed E-state index contributed by atoms with van der Waals surface area (Å²) in [6.07, 6.45) is 1.71. The zero-order valence-corrected chi connectivity index (χ0v) is 12.6. The summed E-state index contributed by atoms with van der Waals surface area (Å²) in [5, 5.41) is 2.87. The first-order chi connectivity index (χ1) is 10.1. The fourth-order valence-electron chi connectivity index (χ4n) is 1.94. The number of aromatic nitrogens is 1. The summed E-state index contributed by atoms with van der Waals surface area (Å²) in [4.78, 5) is 16.1. The van der Waals surface area contributed by atoms with Crippen LogP contribution < -0.4 is 10.1 Å². The van der Waals surface area contributed by atoms with Gasteiger partial charge in [0, 0.05) is 6.20 Å². The molecule has 0 radical (unpaired) electrons. The van der Waals surface area contributed by atoms with E-state index in [0.717, 1.165) is 11.3 Å². The number of nitrogens with one attached hydrogen (secondary N) is 1. The van der Waals surface area contributed by atoms with Crippen molar-refractivity contribution in [2.24, 2.45) is 0 Å². The van der Waals surface area contributed by atoms with Crippen molar-refractivity contribution in [2.45, 2.75) is 26.8 Å². The molecule has 110 valence electrons. The maximum Gasteiger partial charge on any atom is 0.258 e. The van der Waals surface area contributed by atoms with Gasteiger partial charge in [-0.05, 0) is 56.2 Å². The van der Waals surface area contributed by atoms with Crippen LogP contribution in [0, 0.1) is 13.8 Å². The smallest absolute Gasteiger partial charge is 0.258 e. The van der Waals surface area contributed by atoms with Gasteiger partial charge in [0.2, 0.25) is 0 Å². The van der Waals surface area contributed by atoms with Gasteiger partial charge in [-0.1, -0.05) is 12.1 Å². The predicted octanol–water partition coefficient (Wildman–Crippen LogP) is 2.95. The van der Waals surface area contributed by atoms with Crippen LogP contribution in [0.5, 0.6) is 5.75 Å². The quantitative estimate of drug-likeness (QED) is 0.918. The minimum atomic E-state index is -0.161. The molecule has 2 rings (SSSR count). The van der Waals surface area contributed by atoms with Gasteiger partial charge in [0.1, 0.15) is 5.75 Å². The van der Waals surface area contributed by atoms with E-state index in [1.165, 1.54) is 5.56 Å². The van der Waals surface area contributed by atoms with Crippen LogP contribution in [0.15, 0.2) is 42.6 Å². The van der Waals surface area contributed by atoms with Crippen molar-refractivity contribution >= 4 is 5.91 Å². The van der Waals surface area contributed by atoms with Gasteiger partial charge in [-0.15, -0.1) is 0 Å². The van der Waals surface area contributed by atoms with Crippen molar-refractivity contribution < 1.29 is 9.53 Å². The molecule has 2 aromatic rings. The first kappa shape index (κ1) is 15.0. The number of ether oxygens (including phenoxy) is 1. The third-order valence-corrected chi connectivity index (χ3v) is 3.36. The monoisotopic (exact) mass is 284 g/mol. The topological polar surface area (TPSA) is 51.2 Å². The van der Waals surface area contributed by atoms with E-state index in [1.807, 2.05) is 57.2 Å². The average Bonchev–Trinajstić information content (AvgIpc) is 2.49. The highest BCUT2D eigenvalue weighted by Crippen LogP contribution is 2.16.